The smallest absolute Gasteiger partial charge is 0.306 e. The summed E-state index contributed by atoms with van der Waals surface area (Å²) in [5, 5.41) is 0. The first-order valence-electron chi connectivity index (χ1n) is 19.4. The van der Waals surface area contributed by atoms with E-state index < -0.39 is 6.10 Å². The summed E-state index contributed by atoms with van der Waals surface area (Å²) >= 11 is 0. The lowest BCUT2D eigenvalue weighted by Gasteiger charge is -2.18. The molecule has 0 aromatic rings. The molecule has 0 saturated carbocycles. The summed E-state index contributed by atoms with van der Waals surface area (Å²) < 4.78 is 16.5. The van der Waals surface area contributed by atoms with E-state index in [9.17, 15) is 14.4 Å². The molecule has 0 saturated heterocycles. The minimum atomic E-state index is -0.756. The Kier molecular flexibility index (Phi) is 32.6. The number of unbranched alkanes of at least 4 members (excludes halogenated alkanes) is 20. The zero-order valence-corrected chi connectivity index (χ0v) is 30.3. The van der Waals surface area contributed by atoms with Crippen LogP contribution in [0.4, 0.5) is 0 Å². The molecule has 0 amide bonds. The third-order valence-corrected chi connectivity index (χ3v) is 8.90. The minimum Gasteiger partial charge on any atom is -0.462 e. The van der Waals surface area contributed by atoms with Crippen molar-refractivity contribution in [2.24, 2.45) is 5.92 Å². The Morgan fingerprint density at radius 1 is 0.444 bits per heavy atom. The highest BCUT2D eigenvalue weighted by molar-refractivity contribution is 5.71. The van der Waals surface area contributed by atoms with Gasteiger partial charge in [0.05, 0.1) is 0 Å². The number of hydrogen-bond acceptors (Lipinski definition) is 6. The first-order valence-corrected chi connectivity index (χ1v) is 19.4. The van der Waals surface area contributed by atoms with Gasteiger partial charge in [-0.2, -0.15) is 0 Å². The first-order chi connectivity index (χ1) is 21.9. The second-order valence-electron chi connectivity index (χ2n) is 13.5. The highest BCUT2D eigenvalue weighted by Gasteiger charge is 2.19. The van der Waals surface area contributed by atoms with Crippen LogP contribution in [0.25, 0.3) is 0 Å². The molecule has 0 rings (SSSR count). The molecule has 6 nitrogen and oxygen atoms in total. The van der Waals surface area contributed by atoms with E-state index in [2.05, 4.69) is 27.7 Å². The molecule has 0 aromatic carbocycles. The number of esters is 3. The largest absolute Gasteiger partial charge is 0.462 e. The van der Waals surface area contributed by atoms with E-state index >= 15 is 0 Å². The van der Waals surface area contributed by atoms with Gasteiger partial charge in [-0.3, -0.25) is 14.4 Å². The maximum atomic E-state index is 12.5. The van der Waals surface area contributed by atoms with Crippen LogP contribution in [0.15, 0.2) is 0 Å². The second-order valence-corrected chi connectivity index (χ2v) is 13.5. The molecule has 2 atom stereocenters. The van der Waals surface area contributed by atoms with Crippen molar-refractivity contribution in [3.8, 4) is 0 Å². The lowest BCUT2D eigenvalue weighted by molar-refractivity contribution is -0.167. The Labute approximate surface area is 278 Å². The molecule has 0 aliphatic heterocycles. The van der Waals surface area contributed by atoms with Gasteiger partial charge in [0.25, 0.3) is 0 Å². The molecule has 45 heavy (non-hydrogen) atoms. The Balaban J connectivity index is 4.28. The van der Waals surface area contributed by atoms with Gasteiger partial charge in [-0.1, -0.05) is 169 Å². The van der Waals surface area contributed by atoms with Crippen molar-refractivity contribution < 1.29 is 28.6 Å². The van der Waals surface area contributed by atoms with Gasteiger partial charge in [0.15, 0.2) is 6.10 Å². The molecule has 1 unspecified atom stereocenters. The number of ether oxygens (including phenoxy) is 3. The lowest BCUT2D eigenvalue weighted by Crippen LogP contribution is -2.30. The Morgan fingerprint density at radius 3 is 1.16 bits per heavy atom. The van der Waals surface area contributed by atoms with Gasteiger partial charge in [-0.05, 0) is 25.2 Å². The topological polar surface area (TPSA) is 78.9 Å². The fraction of sp³-hybridized carbons (Fsp3) is 0.923. The van der Waals surface area contributed by atoms with E-state index in [1.807, 2.05) is 0 Å². The molecule has 0 N–H and O–H groups in total. The zero-order valence-electron chi connectivity index (χ0n) is 30.3. The van der Waals surface area contributed by atoms with Crippen LogP contribution in [0, 0.1) is 5.92 Å². The highest BCUT2D eigenvalue weighted by Crippen LogP contribution is 2.16. The third-order valence-electron chi connectivity index (χ3n) is 8.90. The lowest BCUT2D eigenvalue weighted by atomic mass is 9.99. The predicted molar refractivity (Wildman–Crippen MR) is 187 cm³/mol. The summed E-state index contributed by atoms with van der Waals surface area (Å²) in [6.07, 6.45) is 29.7. The van der Waals surface area contributed by atoms with E-state index in [0.29, 0.717) is 19.3 Å². The van der Waals surface area contributed by atoms with Gasteiger partial charge in [0.1, 0.15) is 13.2 Å². The SMILES string of the molecule is CCCCCCCCCCCCC(=O)O[C@H](COC(=O)CCCCCCC)COC(=O)CCCCCCCCCCC(C)CC. The van der Waals surface area contributed by atoms with Crippen LogP contribution >= 0.6 is 0 Å². The number of carbonyl (C=O) groups excluding carboxylic acids is 3. The molecule has 0 aliphatic carbocycles. The molecule has 0 aliphatic rings. The Bertz CT molecular complexity index is 678. The summed E-state index contributed by atoms with van der Waals surface area (Å²) in [5.41, 5.74) is 0. The van der Waals surface area contributed by atoms with E-state index in [4.69, 9.17) is 14.2 Å². The van der Waals surface area contributed by atoms with Crippen molar-refractivity contribution in [1.82, 2.24) is 0 Å². The van der Waals surface area contributed by atoms with Gasteiger partial charge in [-0.25, -0.2) is 0 Å². The van der Waals surface area contributed by atoms with Crippen LogP contribution in [-0.4, -0.2) is 37.2 Å². The molecule has 0 heterocycles. The van der Waals surface area contributed by atoms with Gasteiger partial charge in [0.2, 0.25) is 0 Å². The quantitative estimate of drug-likeness (QED) is 0.0396. The number of rotatable bonds is 34. The van der Waals surface area contributed by atoms with Crippen LogP contribution in [0.2, 0.25) is 0 Å². The first kappa shape index (κ1) is 43.4. The van der Waals surface area contributed by atoms with Crippen LogP contribution in [0.5, 0.6) is 0 Å². The highest BCUT2D eigenvalue weighted by atomic mass is 16.6. The molecular formula is C39H74O6. The van der Waals surface area contributed by atoms with E-state index in [1.54, 1.807) is 0 Å². The summed E-state index contributed by atoms with van der Waals surface area (Å²) in [5.74, 6) is -0.0326. The third kappa shape index (κ3) is 32.2. The summed E-state index contributed by atoms with van der Waals surface area (Å²) in [6.45, 7) is 8.87. The van der Waals surface area contributed by atoms with E-state index in [0.717, 1.165) is 70.1 Å². The van der Waals surface area contributed by atoms with Gasteiger partial charge in [-0.15, -0.1) is 0 Å². The molecule has 0 fully saturated rings. The normalized spacial score (nSPS) is 12.5. The molecule has 0 aromatic heterocycles. The second kappa shape index (κ2) is 33.8. The van der Waals surface area contributed by atoms with E-state index in [-0.39, 0.29) is 31.1 Å². The molecule has 0 bridgehead atoms. The average Bonchev–Trinajstić information content (AvgIpc) is 3.03. The van der Waals surface area contributed by atoms with Crippen LogP contribution in [-0.2, 0) is 28.6 Å². The summed E-state index contributed by atoms with van der Waals surface area (Å²) in [7, 11) is 0. The summed E-state index contributed by atoms with van der Waals surface area (Å²) in [4.78, 5) is 37.2. The maximum Gasteiger partial charge on any atom is 0.306 e. The van der Waals surface area contributed by atoms with Crippen molar-refractivity contribution in [1.29, 1.82) is 0 Å². The van der Waals surface area contributed by atoms with Gasteiger partial charge in [0, 0.05) is 19.3 Å². The Hall–Kier alpha value is -1.59. The molecule has 266 valence electrons. The van der Waals surface area contributed by atoms with E-state index in [1.165, 1.54) is 96.3 Å². The molecule has 6 heteroatoms. The fourth-order valence-electron chi connectivity index (χ4n) is 5.53. The Morgan fingerprint density at radius 2 is 0.778 bits per heavy atom. The monoisotopic (exact) mass is 639 g/mol. The van der Waals surface area contributed by atoms with Crippen molar-refractivity contribution in [2.75, 3.05) is 13.2 Å². The minimum absolute atomic E-state index is 0.0664. The van der Waals surface area contributed by atoms with Crippen LogP contribution in [0.3, 0.4) is 0 Å². The van der Waals surface area contributed by atoms with Gasteiger partial charge < -0.3 is 14.2 Å². The molecule has 0 spiro atoms. The van der Waals surface area contributed by atoms with Crippen molar-refractivity contribution in [2.45, 2.75) is 214 Å². The zero-order chi connectivity index (χ0) is 33.2. The van der Waals surface area contributed by atoms with Crippen LogP contribution < -0.4 is 0 Å². The fourth-order valence-corrected chi connectivity index (χ4v) is 5.53. The molecule has 0 radical (unpaired) electrons. The molecular weight excluding hydrogens is 564 g/mol. The van der Waals surface area contributed by atoms with Crippen molar-refractivity contribution in [3.63, 3.8) is 0 Å². The van der Waals surface area contributed by atoms with Crippen molar-refractivity contribution >= 4 is 17.9 Å². The number of hydrogen-bond donors (Lipinski definition) is 0. The van der Waals surface area contributed by atoms with Gasteiger partial charge >= 0.3 is 17.9 Å². The van der Waals surface area contributed by atoms with Crippen molar-refractivity contribution in [3.05, 3.63) is 0 Å². The van der Waals surface area contributed by atoms with Crippen LogP contribution in [0.1, 0.15) is 207 Å². The predicted octanol–water partition coefficient (Wildman–Crippen LogP) is 11.6. The average molecular weight is 639 g/mol. The maximum absolute atomic E-state index is 12.5. The standard InChI is InChI=1S/C39H74O6/c1-5-8-10-12-13-14-15-20-24-28-32-39(42)45-36(33-43-37(40)30-26-21-11-9-6-2)34-44-38(41)31-27-23-19-17-16-18-22-25-29-35(4)7-3/h35-36H,5-34H2,1-4H3/t35?,36-/m1/s1. The summed E-state index contributed by atoms with van der Waals surface area (Å²) in [6, 6.07) is 0. The number of carbonyl (C=O) groups is 3.